The molecule has 6 nitrogen and oxygen atoms in total. The second kappa shape index (κ2) is 7.28. The van der Waals surface area contributed by atoms with Crippen molar-refractivity contribution in [1.29, 1.82) is 0 Å². The Balaban J connectivity index is 2.66. The van der Waals surface area contributed by atoms with Crippen LogP contribution in [0.3, 0.4) is 0 Å². The van der Waals surface area contributed by atoms with E-state index in [1.165, 1.54) is 19.2 Å². The van der Waals surface area contributed by atoms with E-state index in [1.54, 1.807) is 6.92 Å². The third-order valence-corrected chi connectivity index (χ3v) is 2.92. The summed E-state index contributed by atoms with van der Waals surface area (Å²) in [4.78, 5) is 10.2. The van der Waals surface area contributed by atoms with Crippen LogP contribution in [0.25, 0.3) is 0 Å². The van der Waals surface area contributed by atoms with Gasteiger partial charge in [-0.1, -0.05) is 11.6 Å². The zero-order valence-electron chi connectivity index (χ0n) is 10.9. The number of nitrogens with zero attached hydrogens (tertiary/aromatic N) is 1. The maximum absolute atomic E-state index is 10.7. The molecule has 1 rings (SSSR count). The fraction of sp³-hybridized carbons (Fsp3) is 0.500. The van der Waals surface area contributed by atoms with Gasteiger partial charge in [-0.2, -0.15) is 0 Å². The molecule has 19 heavy (non-hydrogen) atoms. The lowest BCUT2D eigenvalue weighted by atomic mass is 10.1. The van der Waals surface area contributed by atoms with Gasteiger partial charge in [-0.3, -0.25) is 10.1 Å². The third kappa shape index (κ3) is 4.66. The van der Waals surface area contributed by atoms with Crippen LogP contribution in [0.4, 0.5) is 11.4 Å². The van der Waals surface area contributed by atoms with Crippen LogP contribution >= 0.6 is 11.6 Å². The number of hydrogen-bond acceptors (Lipinski definition) is 5. The Labute approximate surface area is 116 Å². The van der Waals surface area contributed by atoms with Gasteiger partial charge in [-0.05, 0) is 18.9 Å². The maximum atomic E-state index is 10.7. The van der Waals surface area contributed by atoms with Gasteiger partial charge in [0.1, 0.15) is 0 Å². The Bertz CT molecular complexity index is 430. The normalized spacial score (nSPS) is 12.2. The Morgan fingerprint density at radius 2 is 2.26 bits per heavy atom. The number of halogens is 1. The van der Waals surface area contributed by atoms with Crippen LogP contribution in [0.1, 0.15) is 12.0 Å². The van der Waals surface area contributed by atoms with E-state index in [2.05, 4.69) is 5.32 Å². The lowest BCUT2D eigenvalue weighted by Gasteiger charge is -2.13. The maximum Gasteiger partial charge on any atom is 0.271 e. The van der Waals surface area contributed by atoms with Crippen LogP contribution in [0, 0.1) is 17.0 Å². The highest BCUT2D eigenvalue weighted by Gasteiger charge is 2.13. The molecule has 0 bridgehead atoms. The highest BCUT2D eigenvalue weighted by molar-refractivity contribution is 6.33. The molecule has 0 heterocycles. The lowest BCUT2D eigenvalue weighted by molar-refractivity contribution is -0.384. The Kier molecular flexibility index (Phi) is 6.01. The molecule has 0 aromatic heterocycles. The number of ether oxygens (including phenoxy) is 1. The Morgan fingerprint density at radius 1 is 1.58 bits per heavy atom. The highest BCUT2D eigenvalue weighted by Crippen LogP contribution is 2.30. The minimum absolute atomic E-state index is 0.0348. The standard InChI is InChI=1S/C12H17ClN2O4/c1-8-5-9(15(17)18)6-11(13)12(8)14-4-3-10(16)7-19-2/h5-6,10,14,16H,3-4,7H2,1-2H3. The summed E-state index contributed by atoms with van der Waals surface area (Å²) in [5, 5.41) is 23.5. The number of anilines is 1. The van der Waals surface area contributed by atoms with E-state index in [4.69, 9.17) is 16.3 Å². The number of rotatable bonds is 7. The van der Waals surface area contributed by atoms with E-state index in [1.807, 2.05) is 0 Å². The van der Waals surface area contributed by atoms with E-state index >= 15 is 0 Å². The monoisotopic (exact) mass is 288 g/mol. The fourth-order valence-electron chi connectivity index (χ4n) is 1.69. The minimum atomic E-state index is -0.547. The summed E-state index contributed by atoms with van der Waals surface area (Å²) in [5.74, 6) is 0. The van der Waals surface area contributed by atoms with E-state index in [0.717, 1.165) is 0 Å². The van der Waals surface area contributed by atoms with Crippen molar-refractivity contribution in [1.82, 2.24) is 0 Å². The number of aliphatic hydroxyl groups excluding tert-OH is 1. The number of non-ortho nitro benzene ring substituents is 1. The molecule has 1 unspecified atom stereocenters. The molecule has 0 amide bonds. The van der Waals surface area contributed by atoms with Gasteiger partial charge in [-0.25, -0.2) is 0 Å². The first-order chi connectivity index (χ1) is 8.95. The zero-order chi connectivity index (χ0) is 14.4. The van der Waals surface area contributed by atoms with Crippen molar-refractivity contribution in [3.8, 4) is 0 Å². The SMILES string of the molecule is COCC(O)CCNc1c(C)cc([N+](=O)[O-])cc1Cl. The van der Waals surface area contributed by atoms with Crippen molar-refractivity contribution in [2.75, 3.05) is 25.6 Å². The average Bonchev–Trinajstić information content (AvgIpc) is 2.32. The minimum Gasteiger partial charge on any atom is -0.391 e. The fourth-order valence-corrected chi connectivity index (χ4v) is 2.02. The van der Waals surface area contributed by atoms with Crippen LogP contribution in [0.2, 0.25) is 5.02 Å². The molecule has 7 heteroatoms. The molecule has 0 spiro atoms. The van der Waals surface area contributed by atoms with Crippen LogP contribution in [0.5, 0.6) is 0 Å². The Hall–Kier alpha value is -1.37. The largest absolute Gasteiger partial charge is 0.391 e. The van der Waals surface area contributed by atoms with Crippen molar-refractivity contribution >= 4 is 23.0 Å². The van der Waals surface area contributed by atoms with Gasteiger partial charge in [-0.15, -0.1) is 0 Å². The first kappa shape index (κ1) is 15.7. The molecule has 106 valence electrons. The smallest absolute Gasteiger partial charge is 0.271 e. The first-order valence-electron chi connectivity index (χ1n) is 5.81. The van der Waals surface area contributed by atoms with Gasteiger partial charge in [0.15, 0.2) is 0 Å². The molecule has 0 aliphatic heterocycles. The van der Waals surface area contributed by atoms with Crippen LogP contribution in [-0.2, 0) is 4.74 Å². The van der Waals surface area contributed by atoms with Crippen LogP contribution < -0.4 is 5.32 Å². The van der Waals surface area contributed by atoms with Gasteiger partial charge in [0.2, 0.25) is 0 Å². The highest BCUT2D eigenvalue weighted by atomic mass is 35.5. The van der Waals surface area contributed by atoms with E-state index in [9.17, 15) is 15.2 Å². The molecule has 1 atom stereocenters. The molecule has 0 fully saturated rings. The lowest BCUT2D eigenvalue weighted by Crippen LogP contribution is -2.18. The quantitative estimate of drug-likeness (QED) is 0.594. The molecule has 0 saturated heterocycles. The molecular weight excluding hydrogens is 272 g/mol. The topological polar surface area (TPSA) is 84.6 Å². The number of aliphatic hydroxyl groups is 1. The van der Waals surface area contributed by atoms with Crippen molar-refractivity contribution in [2.45, 2.75) is 19.4 Å². The zero-order valence-corrected chi connectivity index (χ0v) is 11.6. The second-order valence-electron chi connectivity index (χ2n) is 4.20. The molecule has 1 aromatic rings. The van der Waals surface area contributed by atoms with Crippen molar-refractivity contribution in [3.63, 3.8) is 0 Å². The summed E-state index contributed by atoms with van der Waals surface area (Å²) in [6, 6.07) is 2.77. The van der Waals surface area contributed by atoms with Gasteiger partial charge >= 0.3 is 0 Å². The number of aryl methyl sites for hydroxylation is 1. The van der Waals surface area contributed by atoms with Crippen LogP contribution in [-0.4, -0.2) is 36.4 Å². The van der Waals surface area contributed by atoms with Crippen molar-refractivity contribution in [2.24, 2.45) is 0 Å². The van der Waals surface area contributed by atoms with Gasteiger partial charge in [0.05, 0.1) is 28.3 Å². The number of nitro groups is 1. The van der Waals surface area contributed by atoms with E-state index in [0.29, 0.717) is 29.2 Å². The number of nitro benzene ring substituents is 1. The number of benzene rings is 1. The van der Waals surface area contributed by atoms with Gasteiger partial charge in [0.25, 0.3) is 5.69 Å². The summed E-state index contributed by atoms with van der Waals surface area (Å²) in [5.41, 5.74) is 1.31. The summed E-state index contributed by atoms with van der Waals surface area (Å²) in [6.45, 7) is 2.52. The van der Waals surface area contributed by atoms with Crippen molar-refractivity contribution < 1.29 is 14.8 Å². The molecule has 0 saturated carbocycles. The number of methoxy groups -OCH3 is 1. The summed E-state index contributed by atoms with van der Waals surface area (Å²) < 4.78 is 4.82. The van der Waals surface area contributed by atoms with E-state index < -0.39 is 11.0 Å². The predicted octanol–water partition coefficient (Wildman–Crippen LogP) is 2.37. The molecule has 2 N–H and O–H groups in total. The summed E-state index contributed by atoms with van der Waals surface area (Å²) in [6.07, 6.45) is -0.0460. The van der Waals surface area contributed by atoms with Gasteiger partial charge in [0, 0.05) is 25.8 Å². The second-order valence-corrected chi connectivity index (χ2v) is 4.61. The molecule has 0 radical (unpaired) electrons. The molecule has 0 aliphatic rings. The van der Waals surface area contributed by atoms with Crippen LogP contribution in [0.15, 0.2) is 12.1 Å². The predicted molar refractivity (Wildman–Crippen MR) is 73.8 cm³/mol. The summed E-state index contributed by atoms with van der Waals surface area (Å²) >= 11 is 6.00. The Morgan fingerprint density at radius 3 is 2.79 bits per heavy atom. The summed E-state index contributed by atoms with van der Waals surface area (Å²) in [7, 11) is 1.52. The molecular formula is C12H17ClN2O4. The third-order valence-electron chi connectivity index (χ3n) is 2.62. The van der Waals surface area contributed by atoms with Crippen molar-refractivity contribution in [3.05, 3.63) is 32.8 Å². The van der Waals surface area contributed by atoms with E-state index in [-0.39, 0.29) is 12.3 Å². The number of nitrogens with one attached hydrogen (secondary N) is 1. The molecule has 0 aliphatic carbocycles. The molecule has 1 aromatic carbocycles. The van der Waals surface area contributed by atoms with Gasteiger partial charge < -0.3 is 15.2 Å². The number of hydrogen-bond donors (Lipinski definition) is 2. The average molecular weight is 289 g/mol. The first-order valence-corrected chi connectivity index (χ1v) is 6.19.